The van der Waals surface area contributed by atoms with Crippen LogP contribution in [0.2, 0.25) is 0 Å². The highest BCUT2D eigenvalue weighted by molar-refractivity contribution is 5.80. The summed E-state index contributed by atoms with van der Waals surface area (Å²) in [5.74, 6) is 0.766. The number of likely N-dealkylation sites (tertiary alicyclic amines) is 1. The highest BCUT2D eigenvalue weighted by Crippen LogP contribution is 2.39. The highest BCUT2D eigenvalue weighted by Gasteiger charge is 2.36. The molecule has 0 radical (unpaired) electrons. The topological polar surface area (TPSA) is 62.7 Å². The molecule has 5 nitrogen and oxygen atoms in total. The lowest BCUT2D eigenvalue weighted by Crippen LogP contribution is -2.51. The fourth-order valence-corrected chi connectivity index (χ4v) is 4.84. The third-order valence-electron chi connectivity index (χ3n) is 7.12. The fraction of sp³-hybridized carbons (Fsp3) is 0.600. The van der Waals surface area contributed by atoms with Gasteiger partial charge in [-0.15, -0.1) is 0 Å². The van der Waals surface area contributed by atoms with Gasteiger partial charge < -0.3 is 9.84 Å². The minimum Gasteiger partial charge on any atom is -0.490 e. The van der Waals surface area contributed by atoms with Gasteiger partial charge in [-0.2, -0.15) is 0 Å². The minimum atomic E-state index is -0.704. The van der Waals surface area contributed by atoms with Crippen molar-refractivity contribution in [2.24, 2.45) is 17.3 Å². The minimum absolute atomic E-state index is 0.124. The van der Waals surface area contributed by atoms with Gasteiger partial charge in [-0.05, 0) is 68.2 Å². The predicted molar refractivity (Wildman–Crippen MR) is 119 cm³/mol. The zero-order valence-corrected chi connectivity index (χ0v) is 18.6. The molecule has 0 spiro atoms. The van der Waals surface area contributed by atoms with E-state index in [1.54, 1.807) is 0 Å². The lowest BCUT2D eigenvalue weighted by Gasteiger charge is -2.40. The monoisotopic (exact) mass is 410 g/mol. The van der Waals surface area contributed by atoms with E-state index in [0.717, 1.165) is 41.1 Å². The molecule has 1 aromatic heterocycles. The Bertz CT molecular complexity index is 906. The van der Waals surface area contributed by atoms with Crippen molar-refractivity contribution in [2.45, 2.75) is 65.5 Å². The second-order valence-corrected chi connectivity index (χ2v) is 10.2. The van der Waals surface area contributed by atoms with Crippen molar-refractivity contribution in [2.75, 3.05) is 13.1 Å². The first-order valence-electron chi connectivity index (χ1n) is 11.2. The number of benzene rings is 1. The van der Waals surface area contributed by atoms with Gasteiger partial charge in [0.1, 0.15) is 5.75 Å². The van der Waals surface area contributed by atoms with Crippen LogP contribution >= 0.6 is 0 Å². The third kappa shape index (κ3) is 4.46. The SMILES string of the molecule is CC(c1ccc2cc(O[C@H]3CC[C@H](C(C)(C)C)CC3)ccc2n1)N1CC(C(=O)O)C1. The molecule has 162 valence electrons. The van der Waals surface area contributed by atoms with Gasteiger partial charge in [0.15, 0.2) is 0 Å². The molecule has 1 N–H and O–H groups in total. The number of carboxylic acids is 1. The number of pyridine rings is 1. The quantitative estimate of drug-likeness (QED) is 0.725. The van der Waals surface area contributed by atoms with Crippen LogP contribution in [-0.2, 0) is 4.79 Å². The Morgan fingerprint density at radius 3 is 2.47 bits per heavy atom. The summed E-state index contributed by atoms with van der Waals surface area (Å²) in [6.45, 7) is 10.3. The number of hydrogen-bond donors (Lipinski definition) is 1. The second-order valence-electron chi connectivity index (χ2n) is 10.2. The highest BCUT2D eigenvalue weighted by atomic mass is 16.5. The van der Waals surface area contributed by atoms with Gasteiger partial charge in [0, 0.05) is 24.5 Å². The molecule has 1 saturated carbocycles. The van der Waals surface area contributed by atoms with E-state index in [2.05, 4.69) is 50.8 Å². The molecule has 1 aliphatic carbocycles. The van der Waals surface area contributed by atoms with Gasteiger partial charge in [-0.3, -0.25) is 14.7 Å². The first kappa shape index (κ1) is 21.1. The molecule has 1 atom stereocenters. The van der Waals surface area contributed by atoms with E-state index < -0.39 is 5.97 Å². The summed E-state index contributed by atoms with van der Waals surface area (Å²) >= 11 is 0. The van der Waals surface area contributed by atoms with Crippen molar-refractivity contribution in [3.05, 3.63) is 36.0 Å². The first-order chi connectivity index (χ1) is 14.2. The number of ether oxygens (including phenoxy) is 1. The second kappa shape index (κ2) is 8.18. The van der Waals surface area contributed by atoms with E-state index in [1.165, 1.54) is 12.8 Å². The molecule has 4 rings (SSSR count). The van der Waals surface area contributed by atoms with Gasteiger partial charge in [-0.25, -0.2) is 0 Å². The van der Waals surface area contributed by atoms with Gasteiger partial charge in [-0.1, -0.05) is 26.8 Å². The number of carbonyl (C=O) groups is 1. The van der Waals surface area contributed by atoms with Crippen LogP contribution in [0.25, 0.3) is 10.9 Å². The summed E-state index contributed by atoms with van der Waals surface area (Å²) in [7, 11) is 0. The molecule has 2 fully saturated rings. The van der Waals surface area contributed by atoms with E-state index in [4.69, 9.17) is 14.8 Å². The number of nitrogens with zero attached hydrogens (tertiary/aromatic N) is 2. The van der Waals surface area contributed by atoms with E-state index in [9.17, 15) is 4.79 Å². The van der Waals surface area contributed by atoms with Crippen molar-refractivity contribution in [1.29, 1.82) is 0 Å². The van der Waals surface area contributed by atoms with Crippen molar-refractivity contribution < 1.29 is 14.6 Å². The normalized spacial score (nSPS) is 24.4. The molecule has 0 bridgehead atoms. The van der Waals surface area contributed by atoms with Crippen molar-refractivity contribution in [1.82, 2.24) is 9.88 Å². The van der Waals surface area contributed by atoms with Crippen LogP contribution in [0.3, 0.4) is 0 Å². The number of hydrogen-bond acceptors (Lipinski definition) is 4. The number of carboxylic acid groups (broad SMARTS) is 1. The summed E-state index contributed by atoms with van der Waals surface area (Å²) in [6, 6.07) is 10.4. The van der Waals surface area contributed by atoms with Gasteiger partial charge >= 0.3 is 5.97 Å². The Kier molecular flexibility index (Phi) is 5.75. The molecule has 1 saturated heterocycles. The standard InChI is InChI=1S/C25H34N2O3/c1-16(27-14-18(15-27)24(28)29)22-11-5-17-13-21(10-12-23(17)26-22)30-20-8-6-19(7-9-20)25(2,3)4/h5,10-13,16,18-20H,6-9,14-15H2,1-4H3,(H,28,29)/t16?,19-,20-. The molecule has 0 amide bonds. The summed E-state index contributed by atoms with van der Waals surface area (Å²) < 4.78 is 6.31. The fourth-order valence-electron chi connectivity index (χ4n) is 4.84. The Morgan fingerprint density at radius 2 is 1.83 bits per heavy atom. The zero-order chi connectivity index (χ0) is 21.5. The van der Waals surface area contributed by atoms with Crippen LogP contribution in [0.5, 0.6) is 5.75 Å². The molecular formula is C25H34N2O3. The number of rotatable bonds is 5. The van der Waals surface area contributed by atoms with Crippen LogP contribution < -0.4 is 4.74 Å². The van der Waals surface area contributed by atoms with Crippen LogP contribution in [0.1, 0.15) is 65.1 Å². The maximum absolute atomic E-state index is 11.0. The number of fused-ring (bicyclic) bond motifs is 1. The van der Waals surface area contributed by atoms with Crippen LogP contribution in [0, 0.1) is 17.3 Å². The van der Waals surface area contributed by atoms with Crippen molar-refractivity contribution in [3.8, 4) is 5.75 Å². The van der Waals surface area contributed by atoms with Crippen LogP contribution in [0.4, 0.5) is 0 Å². The van der Waals surface area contributed by atoms with Crippen molar-refractivity contribution in [3.63, 3.8) is 0 Å². The van der Waals surface area contributed by atoms with Crippen LogP contribution in [-0.4, -0.2) is 40.2 Å². The Morgan fingerprint density at radius 1 is 1.13 bits per heavy atom. The average Bonchev–Trinajstić information content (AvgIpc) is 2.65. The summed E-state index contributed by atoms with van der Waals surface area (Å²) in [6.07, 6.45) is 5.04. The van der Waals surface area contributed by atoms with Gasteiger partial charge in [0.2, 0.25) is 0 Å². The molecule has 1 aliphatic heterocycles. The Hall–Kier alpha value is -2.14. The summed E-state index contributed by atoms with van der Waals surface area (Å²) in [4.78, 5) is 18.0. The molecule has 5 heteroatoms. The molecule has 2 heterocycles. The third-order valence-corrected chi connectivity index (χ3v) is 7.12. The van der Waals surface area contributed by atoms with Crippen LogP contribution in [0.15, 0.2) is 30.3 Å². The number of aromatic nitrogens is 1. The smallest absolute Gasteiger partial charge is 0.309 e. The Balaban J connectivity index is 1.38. The molecular weight excluding hydrogens is 376 g/mol. The molecule has 1 aromatic carbocycles. The maximum Gasteiger partial charge on any atom is 0.309 e. The first-order valence-corrected chi connectivity index (χ1v) is 11.2. The molecule has 30 heavy (non-hydrogen) atoms. The molecule has 2 aliphatic rings. The van der Waals surface area contributed by atoms with E-state index in [0.29, 0.717) is 24.6 Å². The lowest BCUT2D eigenvalue weighted by atomic mass is 9.72. The Labute approximate surface area is 179 Å². The number of aliphatic carboxylic acids is 1. The lowest BCUT2D eigenvalue weighted by molar-refractivity contribution is -0.148. The zero-order valence-electron chi connectivity index (χ0n) is 18.6. The largest absolute Gasteiger partial charge is 0.490 e. The summed E-state index contributed by atoms with van der Waals surface area (Å²) in [5.41, 5.74) is 2.33. The van der Waals surface area contributed by atoms with Gasteiger partial charge in [0.05, 0.1) is 23.2 Å². The molecule has 2 aromatic rings. The maximum atomic E-state index is 11.0. The van der Waals surface area contributed by atoms with Crippen molar-refractivity contribution >= 4 is 16.9 Å². The average molecular weight is 411 g/mol. The van der Waals surface area contributed by atoms with E-state index in [-0.39, 0.29) is 12.0 Å². The molecule has 1 unspecified atom stereocenters. The van der Waals surface area contributed by atoms with E-state index in [1.807, 2.05) is 12.1 Å². The summed E-state index contributed by atoms with van der Waals surface area (Å²) in [5, 5.41) is 10.2. The van der Waals surface area contributed by atoms with Gasteiger partial charge in [0.25, 0.3) is 0 Å². The van der Waals surface area contributed by atoms with E-state index >= 15 is 0 Å². The predicted octanol–water partition coefficient (Wildman–Crippen LogP) is 5.30.